The van der Waals surface area contributed by atoms with Crippen LogP contribution in [0.1, 0.15) is 36.9 Å². The van der Waals surface area contributed by atoms with Gasteiger partial charge in [-0.25, -0.2) is 0 Å². The number of nitrogens with one attached hydrogen (secondary N) is 2. The molecule has 7 nitrogen and oxygen atoms in total. The molecule has 1 aliphatic rings. The van der Waals surface area contributed by atoms with E-state index >= 15 is 0 Å². The van der Waals surface area contributed by atoms with E-state index in [9.17, 15) is 4.79 Å². The molecule has 0 radical (unpaired) electrons. The van der Waals surface area contributed by atoms with Crippen LogP contribution in [0, 0.1) is 0 Å². The number of carbonyl (C=O) groups excluding carboxylic acids is 1. The van der Waals surface area contributed by atoms with Crippen molar-refractivity contribution in [3.63, 3.8) is 0 Å². The molecule has 31 heavy (non-hydrogen) atoms. The molecule has 3 rings (SSSR count). The molecule has 2 aromatic rings. The molecule has 1 unspecified atom stereocenters. The van der Waals surface area contributed by atoms with Crippen LogP contribution in [0.3, 0.4) is 0 Å². The summed E-state index contributed by atoms with van der Waals surface area (Å²) in [5.41, 5.74) is 8.81. The zero-order chi connectivity index (χ0) is 22.1. The van der Waals surface area contributed by atoms with Crippen molar-refractivity contribution in [1.29, 1.82) is 0 Å². The van der Waals surface area contributed by atoms with Crippen LogP contribution in [0.25, 0.3) is 0 Å². The van der Waals surface area contributed by atoms with Gasteiger partial charge in [0.25, 0.3) is 5.91 Å². The third-order valence-corrected chi connectivity index (χ3v) is 5.43. The number of amides is 1. The first kappa shape index (κ1) is 22.5. The van der Waals surface area contributed by atoms with Gasteiger partial charge in [0.05, 0.1) is 6.04 Å². The molecule has 1 saturated heterocycles. The van der Waals surface area contributed by atoms with E-state index in [0.717, 1.165) is 32.0 Å². The Morgan fingerprint density at radius 1 is 1.19 bits per heavy atom. The molecule has 166 valence electrons. The van der Waals surface area contributed by atoms with Crippen LogP contribution < -0.4 is 26.0 Å². The first-order valence-corrected chi connectivity index (χ1v) is 10.9. The summed E-state index contributed by atoms with van der Waals surface area (Å²) < 4.78 is 5.29. The van der Waals surface area contributed by atoms with Gasteiger partial charge in [-0.3, -0.25) is 9.79 Å². The van der Waals surface area contributed by atoms with Gasteiger partial charge in [-0.15, -0.1) is 0 Å². The van der Waals surface area contributed by atoms with Crippen molar-refractivity contribution < 1.29 is 9.53 Å². The molecule has 0 spiro atoms. The quantitative estimate of drug-likeness (QED) is 0.426. The fourth-order valence-electron chi connectivity index (χ4n) is 3.68. The van der Waals surface area contributed by atoms with E-state index < -0.39 is 5.91 Å². The lowest BCUT2D eigenvalue weighted by Crippen LogP contribution is -2.39. The lowest BCUT2D eigenvalue weighted by Gasteiger charge is -2.22. The van der Waals surface area contributed by atoms with Gasteiger partial charge in [0, 0.05) is 32.4 Å². The molecule has 1 fully saturated rings. The molecule has 2 aromatic carbocycles. The van der Waals surface area contributed by atoms with Crippen LogP contribution in [0.4, 0.5) is 5.69 Å². The minimum atomic E-state index is -0.482. The summed E-state index contributed by atoms with van der Waals surface area (Å²) in [6, 6.07) is 16.6. The van der Waals surface area contributed by atoms with E-state index in [0.29, 0.717) is 5.75 Å². The molecular formula is C24H33N5O2. The highest BCUT2D eigenvalue weighted by atomic mass is 16.5. The molecule has 7 heteroatoms. The summed E-state index contributed by atoms with van der Waals surface area (Å²) in [7, 11) is 1.79. The number of primary amides is 1. The van der Waals surface area contributed by atoms with E-state index in [4.69, 9.17) is 10.5 Å². The predicted molar refractivity (Wildman–Crippen MR) is 126 cm³/mol. The third-order valence-electron chi connectivity index (χ3n) is 5.43. The third kappa shape index (κ3) is 6.91. The van der Waals surface area contributed by atoms with Crippen molar-refractivity contribution >= 4 is 17.6 Å². The topological polar surface area (TPSA) is 92.0 Å². The highest BCUT2D eigenvalue weighted by Gasteiger charge is 2.14. The average Bonchev–Trinajstić information content (AvgIpc) is 3.33. The van der Waals surface area contributed by atoms with Crippen LogP contribution >= 0.6 is 0 Å². The largest absolute Gasteiger partial charge is 0.484 e. The molecule has 0 saturated carbocycles. The van der Waals surface area contributed by atoms with Crippen LogP contribution in [0.15, 0.2) is 53.5 Å². The minimum absolute atomic E-state index is 0.109. The monoisotopic (exact) mass is 423 g/mol. The summed E-state index contributed by atoms with van der Waals surface area (Å²) in [4.78, 5) is 17.6. The summed E-state index contributed by atoms with van der Waals surface area (Å²) in [5.74, 6) is 0.933. The van der Waals surface area contributed by atoms with Gasteiger partial charge in [0.1, 0.15) is 5.75 Å². The normalized spacial score (nSPS) is 14.9. The number of guanidine groups is 1. The predicted octanol–water partition coefficient (Wildman–Crippen LogP) is 2.62. The maximum Gasteiger partial charge on any atom is 0.255 e. The van der Waals surface area contributed by atoms with Gasteiger partial charge < -0.3 is 26.0 Å². The number of nitrogens with two attached hydrogens (primary N) is 1. The SMILES string of the molecule is CN=C(NCCc1ccc(OCC(N)=O)cc1)NC(C)c1cccc(N2CCCC2)c1. The second-order valence-corrected chi connectivity index (χ2v) is 7.80. The number of anilines is 1. The lowest BCUT2D eigenvalue weighted by molar-refractivity contribution is -0.119. The zero-order valence-corrected chi connectivity index (χ0v) is 18.4. The van der Waals surface area contributed by atoms with E-state index in [2.05, 4.69) is 51.7 Å². The Bertz CT molecular complexity index is 876. The number of aliphatic imine (C=N–C) groups is 1. The van der Waals surface area contributed by atoms with Gasteiger partial charge in [-0.1, -0.05) is 24.3 Å². The van der Waals surface area contributed by atoms with Gasteiger partial charge in [-0.2, -0.15) is 0 Å². The maximum atomic E-state index is 10.8. The molecule has 1 amide bonds. The molecule has 1 aliphatic heterocycles. The molecule has 0 aliphatic carbocycles. The minimum Gasteiger partial charge on any atom is -0.484 e. The molecular weight excluding hydrogens is 390 g/mol. The Hall–Kier alpha value is -3.22. The zero-order valence-electron chi connectivity index (χ0n) is 18.4. The van der Waals surface area contributed by atoms with E-state index in [-0.39, 0.29) is 12.6 Å². The molecule has 1 heterocycles. The number of rotatable bonds is 9. The smallest absolute Gasteiger partial charge is 0.255 e. The molecule has 0 bridgehead atoms. The average molecular weight is 424 g/mol. The number of hydrogen-bond donors (Lipinski definition) is 3. The number of ether oxygens (including phenoxy) is 1. The van der Waals surface area contributed by atoms with Crippen LogP contribution in [-0.4, -0.2) is 45.2 Å². The first-order valence-electron chi connectivity index (χ1n) is 10.9. The Kier molecular flexibility index (Phi) is 8.15. The summed E-state index contributed by atoms with van der Waals surface area (Å²) in [5, 5.41) is 6.86. The van der Waals surface area contributed by atoms with Gasteiger partial charge >= 0.3 is 0 Å². The van der Waals surface area contributed by atoms with Crippen molar-refractivity contribution in [2.75, 3.05) is 38.2 Å². The van der Waals surface area contributed by atoms with Gasteiger partial charge in [0.15, 0.2) is 12.6 Å². The van der Waals surface area contributed by atoms with E-state index in [1.807, 2.05) is 24.3 Å². The Morgan fingerprint density at radius 2 is 1.94 bits per heavy atom. The van der Waals surface area contributed by atoms with E-state index in [1.165, 1.54) is 29.7 Å². The molecule has 1 atom stereocenters. The summed E-state index contributed by atoms with van der Waals surface area (Å²) in [6.07, 6.45) is 3.39. The van der Waals surface area contributed by atoms with Gasteiger partial charge in [-0.05, 0) is 61.6 Å². The number of benzene rings is 2. The number of hydrogen-bond acceptors (Lipinski definition) is 4. The van der Waals surface area contributed by atoms with Gasteiger partial charge in [0.2, 0.25) is 0 Å². The van der Waals surface area contributed by atoms with Crippen LogP contribution in [-0.2, 0) is 11.2 Å². The van der Waals surface area contributed by atoms with Crippen molar-refractivity contribution in [3.05, 3.63) is 59.7 Å². The lowest BCUT2D eigenvalue weighted by atomic mass is 10.1. The van der Waals surface area contributed by atoms with Crippen molar-refractivity contribution in [1.82, 2.24) is 10.6 Å². The number of carbonyl (C=O) groups is 1. The Labute approximate surface area is 184 Å². The van der Waals surface area contributed by atoms with Crippen LogP contribution in [0.5, 0.6) is 5.75 Å². The van der Waals surface area contributed by atoms with Crippen molar-refractivity contribution in [2.45, 2.75) is 32.2 Å². The van der Waals surface area contributed by atoms with Crippen molar-refractivity contribution in [2.24, 2.45) is 10.7 Å². The Balaban J connectivity index is 1.47. The summed E-state index contributed by atoms with van der Waals surface area (Å²) in [6.45, 7) is 5.09. The van der Waals surface area contributed by atoms with Crippen molar-refractivity contribution in [3.8, 4) is 5.75 Å². The Morgan fingerprint density at radius 3 is 2.61 bits per heavy atom. The first-order chi connectivity index (χ1) is 15.0. The standard InChI is InChI=1S/C24H33N5O2/c1-18(20-6-5-7-21(16-20)29-14-3-4-15-29)28-24(26-2)27-13-12-19-8-10-22(11-9-19)31-17-23(25)30/h5-11,16,18H,3-4,12-15,17H2,1-2H3,(H2,25,30)(H2,26,27,28). The maximum absolute atomic E-state index is 10.8. The second-order valence-electron chi connectivity index (χ2n) is 7.80. The highest BCUT2D eigenvalue weighted by Crippen LogP contribution is 2.24. The molecule has 0 aromatic heterocycles. The second kappa shape index (κ2) is 11.2. The molecule has 4 N–H and O–H groups in total. The fraction of sp³-hybridized carbons (Fsp3) is 0.417. The fourth-order valence-corrected chi connectivity index (χ4v) is 3.68. The number of nitrogens with zero attached hydrogens (tertiary/aromatic N) is 2. The highest BCUT2D eigenvalue weighted by molar-refractivity contribution is 5.80. The van der Waals surface area contributed by atoms with Crippen LogP contribution in [0.2, 0.25) is 0 Å². The summed E-state index contributed by atoms with van der Waals surface area (Å²) >= 11 is 0. The van der Waals surface area contributed by atoms with E-state index in [1.54, 1.807) is 7.05 Å².